The normalized spacial score (nSPS) is 10.1. The Labute approximate surface area is 151 Å². The van der Waals surface area contributed by atoms with E-state index in [1.807, 2.05) is 36.4 Å². The maximum atomic E-state index is 11.2. The van der Waals surface area contributed by atoms with E-state index in [9.17, 15) is 4.79 Å². The number of nitrogens with one attached hydrogen (secondary N) is 1. The van der Waals surface area contributed by atoms with Gasteiger partial charge in [0.05, 0.1) is 12.7 Å². The quantitative estimate of drug-likeness (QED) is 0.440. The smallest absolute Gasteiger partial charge is 0.409 e. The summed E-state index contributed by atoms with van der Waals surface area (Å²) in [5.41, 5.74) is 0.887. The second-order valence-electron chi connectivity index (χ2n) is 3.22. The van der Waals surface area contributed by atoms with Gasteiger partial charge >= 0.3 is 6.09 Å². The molecule has 0 aliphatic rings. The molecule has 0 radical (unpaired) electrons. The molecule has 0 spiro atoms. The molecule has 1 amide bonds. The number of rotatable bonds is 3. The number of nitrogens with zero attached hydrogens (tertiary/aromatic N) is 1. The van der Waals surface area contributed by atoms with Crippen LogP contribution in [0.25, 0.3) is 0 Å². The van der Waals surface area contributed by atoms with E-state index in [1.165, 1.54) is 0 Å². The summed E-state index contributed by atoms with van der Waals surface area (Å²) in [4.78, 5) is 11.2. The summed E-state index contributed by atoms with van der Waals surface area (Å²) in [6, 6.07) is 11.3. The number of halogens is 4. The second kappa shape index (κ2) is 10.6. The van der Waals surface area contributed by atoms with Crippen LogP contribution in [0, 0.1) is 11.3 Å². The first-order chi connectivity index (χ1) is 9.33. The van der Waals surface area contributed by atoms with Gasteiger partial charge in [0.15, 0.2) is 7.09 Å². The van der Waals surface area contributed by atoms with Crippen LogP contribution in [0.4, 0.5) is 4.79 Å². The highest BCUT2D eigenvalue weighted by Gasteiger charge is 2.27. The minimum atomic E-state index is -0.784. The van der Waals surface area contributed by atoms with E-state index in [0.717, 1.165) is 5.56 Å². The molecule has 20 heavy (non-hydrogen) atoms. The number of hydrogen-bond acceptors (Lipinski definition) is 3. The molecule has 1 rings (SSSR count). The molecule has 8 heteroatoms. The van der Waals surface area contributed by atoms with Crippen molar-refractivity contribution >= 4 is 69.8 Å². The van der Waals surface area contributed by atoms with Crippen molar-refractivity contribution in [3.8, 4) is 6.07 Å². The largest absolute Gasteiger partial charge is 0.450 e. The Balaban J connectivity index is 0.000000621. The maximum Gasteiger partial charge on any atom is 0.409 e. The van der Waals surface area contributed by atoms with Gasteiger partial charge in [0.2, 0.25) is 0 Å². The highest BCUT2D eigenvalue weighted by atomic mass is 79.9. The van der Waals surface area contributed by atoms with Crippen molar-refractivity contribution in [2.75, 3.05) is 6.61 Å². The predicted molar refractivity (Wildman–Crippen MR) is 93.4 cm³/mol. The summed E-state index contributed by atoms with van der Waals surface area (Å²) in [7, 11) is 0. The Morgan fingerprint density at radius 2 is 1.90 bits per heavy atom. The molecule has 0 unspecified atom stereocenters. The van der Waals surface area contributed by atoms with Crippen LogP contribution in [-0.2, 0) is 8.09 Å². The third-order valence-corrected chi connectivity index (χ3v) is 3.49. The van der Waals surface area contributed by atoms with Gasteiger partial charge in [-0.2, -0.15) is 5.26 Å². The number of carbonyl (C=O) groups excluding carboxylic acids is 1. The topological polar surface area (TPSA) is 62.1 Å². The third-order valence-electron chi connectivity index (χ3n) is 1.77. The van der Waals surface area contributed by atoms with Gasteiger partial charge in [0.25, 0.3) is 0 Å². The SMILES string of the molecule is CCOC(=O)NC(Br)(Br)c1ccccc1.N#CC(Br)Br. The molecule has 1 aromatic rings. The Hall–Kier alpha value is -0.100. The van der Waals surface area contributed by atoms with E-state index in [1.54, 1.807) is 6.92 Å². The predicted octanol–water partition coefficient (Wildman–Crippen LogP) is 4.96. The summed E-state index contributed by atoms with van der Waals surface area (Å²) in [5, 5.41) is 10.4. The minimum absolute atomic E-state index is 0.185. The maximum absolute atomic E-state index is 11.2. The standard InChI is InChI=1S/C10H11Br2NO2.C2HBr2N/c1-2-15-9(14)13-10(11,12)8-6-4-3-5-7-8;3-2(4)1-5/h3-7H,2H2,1H3,(H,13,14);2H. The summed E-state index contributed by atoms with van der Waals surface area (Å²) in [6.45, 7) is 2.10. The zero-order valence-electron chi connectivity index (χ0n) is 10.4. The van der Waals surface area contributed by atoms with Gasteiger partial charge in [-0.05, 0) is 44.3 Å². The summed E-state index contributed by atoms with van der Waals surface area (Å²) in [6.07, 6.45) is -0.477. The fourth-order valence-electron chi connectivity index (χ4n) is 1.02. The highest BCUT2D eigenvalue weighted by molar-refractivity contribution is 9.25. The molecule has 4 nitrogen and oxygen atoms in total. The molecule has 0 heterocycles. The minimum Gasteiger partial charge on any atom is -0.450 e. The van der Waals surface area contributed by atoms with Crippen LogP contribution in [0.2, 0.25) is 0 Å². The van der Waals surface area contributed by atoms with Gasteiger partial charge in [0.1, 0.15) is 0 Å². The van der Waals surface area contributed by atoms with E-state index in [4.69, 9.17) is 10.00 Å². The lowest BCUT2D eigenvalue weighted by Crippen LogP contribution is -2.36. The van der Waals surface area contributed by atoms with Crippen LogP contribution in [-0.4, -0.2) is 16.4 Å². The molecule has 1 aromatic carbocycles. The molecule has 0 bridgehead atoms. The molecular weight excluding hydrogens is 524 g/mol. The van der Waals surface area contributed by atoms with Crippen LogP contribution >= 0.6 is 63.7 Å². The fourth-order valence-corrected chi connectivity index (χ4v) is 1.87. The van der Waals surface area contributed by atoms with Crippen molar-refractivity contribution in [3.05, 3.63) is 35.9 Å². The summed E-state index contributed by atoms with van der Waals surface area (Å²) < 4.78 is 3.82. The van der Waals surface area contributed by atoms with Crippen molar-refractivity contribution in [2.45, 2.75) is 14.0 Å². The third kappa shape index (κ3) is 8.95. The summed E-state index contributed by atoms with van der Waals surface area (Å²) >= 11 is 12.6. The van der Waals surface area contributed by atoms with E-state index in [2.05, 4.69) is 69.0 Å². The molecule has 1 N–H and O–H groups in total. The van der Waals surface area contributed by atoms with Crippen LogP contribution in [0.5, 0.6) is 0 Å². The lowest BCUT2D eigenvalue weighted by molar-refractivity contribution is 0.150. The van der Waals surface area contributed by atoms with Crippen LogP contribution in [0.15, 0.2) is 30.3 Å². The first kappa shape index (κ1) is 19.9. The lowest BCUT2D eigenvalue weighted by Gasteiger charge is -2.21. The number of carbonyl (C=O) groups is 1. The number of nitriles is 1. The Morgan fingerprint density at radius 3 is 2.30 bits per heavy atom. The molecule has 0 atom stereocenters. The monoisotopic (exact) mass is 532 g/mol. The molecular formula is C12H12Br4N2O2. The van der Waals surface area contributed by atoms with Gasteiger partial charge in [-0.25, -0.2) is 4.79 Å². The molecule has 0 aliphatic carbocycles. The number of hydrogen-bond donors (Lipinski definition) is 1. The van der Waals surface area contributed by atoms with Crippen LogP contribution in [0.3, 0.4) is 0 Å². The molecule has 110 valence electrons. The number of amides is 1. The Morgan fingerprint density at radius 1 is 1.40 bits per heavy atom. The Bertz CT molecular complexity index is 447. The molecule has 0 saturated heterocycles. The van der Waals surface area contributed by atoms with Gasteiger partial charge in [-0.3, -0.25) is 5.32 Å². The van der Waals surface area contributed by atoms with Gasteiger partial charge in [-0.15, -0.1) is 0 Å². The lowest BCUT2D eigenvalue weighted by atomic mass is 10.2. The van der Waals surface area contributed by atoms with Crippen molar-refractivity contribution < 1.29 is 9.53 Å². The molecule has 0 saturated carbocycles. The van der Waals surface area contributed by atoms with Crippen LogP contribution in [0.1, 0.15) is 12.5 Å². The second-order valence-corrected chi connectivity index (χ2v) is 9.72. The van der Waals surface area contributed by atoms with E-state index in [0.29, 0.717) is 6.61 Å². The first-order valence-electron chi connectivity index (χ1n) is 5.39. The fraction of sp³-hybridized carbons (Fsp3) is 0.333. The molecule has 0 aliphatic heterocycles. The van der Waals surface area contributed by atoms with E-state index in [-0.39, 0.29) is 3.74 Å². The molecule has 0 fully saturated rings. The van der Waals surface area contributed by atoms with Crippen LogP contribution < -0.4 is 5.32 Å². The Kier molecular flexibility index (Phi) is 10.5. The van der Waals surface area contributed by atoms with Gasteiger partial charge < -0.3 is 4.74 Å². The highest BCUT2D eigenvalue weighted by Crippen LogP contribution is 2.34. The van der Waals surface area contributed by atoms with Gasteiger partial charge in [-0.1, -0.05) is 62.2 Å². The average molecular weight is 536 g/mol. The average Bonchev–Trinajstić information content (AvgIpc) is 2.40. The van der Waals surface area contributed by atoms with E-state index >= 15 is 0 Å². The van der Waals surface area contributed by atoms with Crippen molar-refractivity contribution in [3.63, 3.8) is 0 Å². The zero-order chi connectivity index (χ0) is 15.6. The number of ether oxygens (including phenoxy) is 1. The van der Waals surface area contributed by atoms with Crippen molar-refractivity contribution in [2.24, 2.45) is 0 Å². The van der Waals surface area contributed by atoms with E-state index < -0.39 is 9.45 Å². The molecule has 0 aromatic heterocycles. The van der Waals surface area contributed by atoms with Crippen molar-refractivity contribution in [1.82, 2.24) is 5.32 Å². The zero-order valence-corrected chi connectivity index (χ0v) is 16.8. The first-order valence-corrected chi connectivity index (χ1v) is 8.81. The number of alkyl halides is 4. The number of alkyl carbamates (subject to hydrolysis) is 1. The summed E-state index contributed by atoms with van der Waals surface area (Å²) in [5.74, 6) is 0. The van der Waals surface area contributed by atoms with Gasteiger partial charge in [0, 0.05) is 0 Å². The number of benzene rings is 1. The van der Waals surface area contributed by atoms with Crippen molar-refractivity contribution in [1.29, 1.82) is 5.26 Å².